The minimum absolute atomic E-state index is 0.00647. The molecule has 0 spiro atoms. The topological polar surface area (TPSA) is 80.5 Å². The van der Waals surface area contributed by atoms with Crippen LogP contribution in [0.3, 0.4) is 0 Å². The molecule has 0 aliphatic carbocycles. The lowest BCUT2D eigenvalue weighted by molar-refractivity contribution is -0.385. The van der Waals surface area contributed by atoms with Gasteiger partial charge in [-0.2, -0.15) is 4.31 Å². The molecule has 6 nitrogen and oxygen atoms in total. The number of nitro benzene ring substituents is 1. The third-order valence-electron chi connectivity index (χ3n) is 3.68. The summed E-state index contributed by atoms with van der Waals surface area (Å²) in [6.07, 6.45) is 3.48. The first kappa shape index (κ1) is 14.9. The van der Waals surface area contributed by atoms with E-state index >= 15 is 0 Å². The first-order valence-electron chi connectivity index (χ1n) is 6.73. The molecule has 1 aliphatic heterocycles. The molecule has 2 rings (SSSR count). The van der Waals surface area contributed by atoms with Gasteiger partial charge in [0.15, 0.2) is 0 Å². The fourth-order valence-electron chi connectivity index (χ4n) is 2.59. The number of hydrogen-bond donors (Lipinski definition) is 0. The van der Waals surface area contributed by atoms with Crippen molar-refractivity contribution in [3.8, 4) is 0 Å². The van der Waals surface area contributed by atoms with Crippen molar-refractivity contribution in [1.82, 2.24) is 4.31 Å². The van der Waals surface area contributed by atoms with E-state index in [0.717, 1.165) is 31.7 Å². The van der Waals surface area contributed by atoms with Gasteiger partial charge in [-0.3, -0.25) is 10.1 Å². The average Bonchev–Trinajstić information content (AvgIpc) is 2.47. The normalized spacial score (nSPS) is 20.8. The molecule has 1 aromatic carbocycles. The maximum atomic E-state index is 12.6. The zero-order valence-electron chi connectivity index (χ0n) is 11.4. The van der Waals surface area contributed by atoms with Gasteiger partial charge >= 0.3 is 0 Å². The predicted molar refractivity (Wildman–Crippen MR) is 74.9 cm³/mol. The van der Waals surface area contributed by atoms with E-state index in [4.69, 9.17) is 0 Å². The fraction of sp³-hybridized carbons (Fsp3) is 0.538. The summed E-state index contributed by atoms with van der Waals surface area (Å²) >= 11 is 0. The molecule has 0 N–H and O–H groups in total. The first-order valence-corrected chi connectivity index (χ1v) is 8.17. The number of hydrogen-bond acceptors (Lipinski definition) is 4. The molecule has 0 amide bonds. The Balaban J connectivity index is 2.38. The zero-order valence-corrected chi connectivity index (χ0v) is 12.2. The molecule has 1 saturated heterocycles. The van der Waals surface area contributed by atoms with Crippen LogP contribution in [0.5, 0.6) is 0 Å². The quantitative estimate of drug-likeness (QED) is 0.632. The van der Waals surface area contributed by atoms with E-state index in [2.05, 4.69) is 0 Å². The fourth-order valence-corrected chi connectivity index (χ4v) is 4.40. The Morgan fingerprint density at radius 2 is 2.15 bits per heavy atom. The van der Waals surface area contributed by atoms with Gasteiger partial charge in [0.1, 0.15) is 0 Å². The average molecular weight is 298 g/mol. The minimum atomic E-state index is -3.65. The van der Waals surface area contributed by atoms with E-state index in [1.807, 2.05) is 6.92 Å². The number of sulfonamides is 1. The van der Waals surface area contributed by atoms with Gasteiger partial charge in [0.2, 0.25) is 10.0 Å². The highest BCUT2D eigenvalue weighted by atomic mass is 32.2. The van der Waals surface area contributed by atoms with Crippen LogP contribution in [0.1, 0.15) is 32.6 Å². The highest BCUT2D eigenvalue weighted by Crippen LogP contribution is 2.28. The van der Waals surface area contributed by atoms with Crippen molar-refractivity contribution in [2.45, 2.75) is 43.5 Å². The standard InChI is InChI=1S/C13H18N2O4S/c1-2-11-6-3-4-9-14(11)20(18,19)13-8-5-7-12(10-13)15(16)17/h5,7-8,10-11H,2-4,6,9H2,1H3/t11-/m1/s1. The largest absolute Gasteiger partial charge is 0.270 e. The first-order chi connectivity index (χ1) is 9.46. The third-order valence-corrected chi connectivity index (χ3v) is 5.63. The monoisotopic (exact) mass is 298 g/mol. The van der Waals surface area contributed by atoms with E-state index in [9.17, 15) is 18.5 Å². The summed E-state index contributed by atoms with van der Waals surface area (Å²) in [5, 5.41) is 10.8. The maximum Gasteiger partial charge on any atom is 0.270 e. The summed E-state index contributed by atoms with van der Waals surface area (Å²) in [5.41, 5.74) is -0.198. The summed E-state index contributed by atoms with van der Waals surface area (Å²) in [7, 11) is -3.65. The minimum Gasteiger partial charge on any atom is -0.258 e. The van der Waals surface area contributed by atoms with Gasteiger partial charge in [-0.05, 0) is 25.3 Å². The molecule has 0 bridgehead atoms. The van der Waals surface area contributed by atoms with Gasteiger partial charge in [-0.1, -0.05) is 19.4 Å². The summed E-state index contributed by atoms with van der Waals surface area (Å²) in [4.78, 5) is 10.2. The summed E-state index contributed by atoms with van der Waals surface area (Å²) < 4.78 is 26.8. The summed E-state index contributed by atoms with van der Waals surface area (Å²) in [6.45, 7) is 2.45. The van der Waals surface area contributed by atoms with E-state index in [1.165, 1.54) is 22.5 Å². The molecule has 0 aromatic heterocycles. The van der Waals surface area contributed by atoms with Crippen LogP contribution in [0.15, 0.2) is 29.2 Å². The Hall–Kier alpha value is -1.47. The SMILES string of the molecule is CC[C@@H]1CCCCN1S(=O)(=O)c1cccc([N+](=O)[O-])c1. The van der Waals surface area contributed by atoms with Gasteiger partial charge in [0, 0.05) is 24.7 Å². The lowest BCUT2D eigenvalue weighted by Crippen LogP contribution is -2.43. The number of non-ortho nitro benzene ring substituents is 1. The number of rotatable bonds is 4. The van der Waals surface area contributed by atoms with Crippen molar-refractivity contribution in [2.75, 3.05) is 6.54 Å². The highest BCUT2D eigenvalue weighted by molar-refractivity contribution is 7.89. The Bertz CT molecular complexity index is 600. The molecular weight excluding hydrogens is 280 g/mol. The third kappa shape index (κ3) is 2.83. The number of nitro groups is 1. The molecular formula is C13H18N2O4S. The van der Waals surface area contributed by atoms with Crippen LogP contribution in [0.2, 0.25) is 0 Å². The molecule has 7 heteroatoms. The van der Waals surface area contributed by atoms with Crippen molar-refractivity contribution in [3.63, 3.8) is 0 Å². The molecule has 1 aromatic rings. The predicted octanol–water partition coefficient (Wildman–Crippen LogP) is 2.55. The van der Waals surface area contributed by atoms with Crippen molar-refractivity contribution in [3.05, 3.63) is 34.4 Å². The van der Waals surface area contributed by atoms with Gasteiger partial charge in [0.05, 0.1) is 9.82 Å². The Labute approximate surface area is 118 Å². The highest BCUT2D eigenvalue weighted by Gasteiger charge is 2.33. The van der Waals surface area contributed by atoms with E-state index in [1.54, 1.807) is 0 Å². The second kappa shape index (κ2) is 5.88. The van der Waals surface area contributed by atoms with Gasteiger partial charge in [-0.25, -0.2) is 8.42 Å². The van der Waals surface area contributed by atoms with Crippen molar-refractivity contribution in [2.24, 2.45) is 0 Å². The van der Waals surface area contributed by atoms with Crippen molar-refractivity contribution >= 4 is 15.7 Å². The second-order valence-electron chi connectivity index (χ2n) is 4.93. The molecule has 1 fully saturated rings. The van der Waals surface area contributed by atoms with Crippen LogP contribution in [0.25, 0.3) is 0 Å². The number of benzene rings is 1. The van der Waals surface area contributed by atoms with E-state index < -0.39 is 14.9 Å². The molecule has 110 valence electrons. The Morgan fingerprint density at radius 3 is 2.80 bits per heavy atom. The molecule has 0 unspecified atom stereocenters. The van der Waals surface area contributed by atoms with Crippen LogP contribution in [-0.4, -0.2) is 30.2 Å². The molecule has 1 heterocycles. The number of nitrogens with zero attached hydrogens (tertiary/aromatic N) is 2. The Kier molecular flexibility index (Phi) is 4.39. The molecule has 1 atom stereocenters. The second-order valence-corrected chi connectivity index (χ2v) is 6.82. The van der Waals surface area contributed by atoms with Crippen LogP contribution in [0.4, 0.5) is 5.69 Å². The summed E-state index contributed by atoms with van der Waals surface area (Å²) in [5.74, 6) is 0. The lowest BCUT2D eigenvalue weighted by Gasteiger charge is -2.34. The van der Waals surface area contributed by atoms with E-state index in [-0.39, 0.29) is 16.6 Å². The Morgan fingerprint density at radius 1 is 1.40 bits per heavy atom. The molecule has 0 saturated carbocycles. The lowest BCUT2D eigenvalue weighted by atomic mass is 10.0. The van der Waals surface area contributed by atoms with Crippen LogP contribution in [0, 0.1) is 10.1 Å². The zero-order chi connectivity index (χ0) is 14.8. The van der Waals surface area contributed by atoms with Crippen molar-refractivity contribution < 1.29 is 13.3 Å². The van der Waals surface area contributed by atoms with Gasteiger partial charge in [0.25, 0.3) is 5.69 Å². The smallest absolute Gasteiger partial charge is 0.258 e. The van der Waals surface area contributed by atoms with Gasteiger partial charge in [-0.15, -0.1) is 0 Å². The van der Waals surface area contributed by atoms with Crippen molar-refractivity contribution in [1.29, 1.82) is 0 Å². The van der Waals surface area contributed by atoms with Crippen LogP contribution < -0.4 is 0 Å². The molecule has 1 aliphatic rings. The number of piperidine rings is 1. The van der Waals surface area contributed by atoms with E-state index in [0.29, 0.717) is 6.54 Å². The molecule has 0 radical (unpaired) electrons. The van der Waals surface area contributed by atoms with Crippen LogP contribution >= 0.6 is 0 Å². The summed E-state index contributed by atoms with van der Waals surface area (Å²) in [6, 6.07) is 5.26. The maximum absolute atomic E-state index is 12.6. The molecule has 20 heavy (non-hydrogen) atoms. The van der Waals surface area contributed by atoms with Gasteiger partial charge < -0.3 is 0 Å². The van der Waals surface area contributed by atoms with Crippen LogP contribution in [-0.2, 0) is 10.0 Å².